The number of nitrogens with zero attached hydrogens (tertiary/aromatic N) is 3. The molecule has 1 aliphatic carbocycles. The topological polar surface area (TPSA) is 89.3 Å². The Hall–Kier alpha value is -1.77. The van der Waals surface area contributed by atoms with Crippen LogP contribution in [0, 0.1) is 6.92 Å². The van der Waals surface area contributed by atoms with Crippen LogP contribution in [0.5, 0.6) is 0 Å². The summed E-state index contributed by atoms with van der Waals surface area (Å²) in [5.41, 5.74) is 0. The summed E-state index contributed by atoms with van der Waals surface area (Å²) in [5, 5.41) is 20.7. The molecule has 1 saturated carbocycles. The van der Waals surface area contributed by atoms with Crippen LogP contribution in [0.15, 0.2) is 12.1 Å². The average molecular weight is 350 g/mol. The maximum atomic E-state index is 12.2. The number of aromatic nitrogens is 3. The first-order valence-electron chi connectivity index (χ1n) is 8.01. The third-order valence-corrected chi connectivity index (χ3v) is 5.32. The van der Waals surface area contributed by atoms with Crippen molar-refractivity contribution in [2.45, 2.75) is 44.9 Å². The first-order valence-corrected chi connectivity index (χ1v) is 8.83. The summed E-state index contributed by atoms with van der Waals surface area (Å²) in [6, 6.07) is 3.98. The first-order chi connectivity index (χ1) is 11.6. The van der Waals surface area contributed by atoms with Gasteiger partial charge in [0.2, 0.25) is 0 Å². The molecule has 1 amide bonds. The normalized spacial score (nSPS) is 20.0. The van der Waals surface area contributed by atoms with Crippen LogP contribution in [-0.2, 0) is 17.9 Å². The maximum absolute atomic E-state index is 12.2. The molecular formula is C16H22N4O3S. The van der Waals surface area contributed by atoms with E-state index < -0.39 is 0 Å². The lowest BCUT2D eigenvalue weighted by atomic mass is 9.79. The van der Waals surface area contributed by atoms with Gasteiger partial charge in [0.15, 0.2) is 5.82 Å². The second kappa shape index (κ2) is 7.42. The molecule has 0 aliphatic heterocycles. The molecule has 7 nitrogen and oxygen atoms in total. The molecule has 0 saturated heterocycles. The van der Waals surface area contributed by atoms with Crippen molar-refractivity contribution in [1.29, 1.82) is 0 Å². The van der Waals surface area contributed by atoms with E-state index in [0.717, 1.165) is 28.4 Å². The second-order valence-corrected chi connectivity index (χ2v) is 7.31. The summed E-state index contributed by atoms with van der Waals surface area (Å²) in [6.07, 6.45) is 1.68. The van der Waals surface area contributed by atoms with Crippen LogP contribution in [0.1, 0.15) is 45.0 Å². The molecule has 8 heteroatoms. The van der Waals surface area contributed by atoms with Gasteiger partial charge in [-0.25, -0.2) is 0 Å². The van der Waals surface area contributed by atoms with Crippen LogP contribution in [0.25, 0.3) is 0 Å². The number of aliphatic hydroxyl groups is 1. The summed E-state index contributed by atoms with van der Waals surface area (Å²) in [4.78, 5) is 14.1. The van der Waals surface area contributed by atoms with Crippen molar-refractivity contribution in [2.24, 2.45) is 0 Å². The van der Waals surface area contributed by atoms with Gasteiger partial charge < -0.3 is 19.7 Å². The number of aryl methyl sites for hydroxylation is 1. The van der Waals surface area contributed by atoms with Crippen LogP contribution in [-0.4, -0.2) is 45.5 Å². The predicted molar refractivity (Wildman–Crippen MR) is 90.1 cm³/mol. The highest BCUT2D eigenvalue weighted by Gasteiger charge is 2.35. The molecule has 1 aliphatic rings. The third kappa shape index (κ3) is 3.50. The fourth-order valence-electron chi connectivity index (χ4n) is 2.95. The Kier molecular flexibility index (Phi) is 5.27. The number of methoxy groups -OCH3 is 1. The molecule has 0 spiro atoms. The zero-order valence-corrected chi connectivity index (χ0v) is 14.7. The highest BCUT2D eigenvalue weighted by molar-refractivity contribution is 7.13. The van der Waals surface area contributed by atoms with Gasteiger partial charge >= 0.3 is 0 Å². The fraction of sp³-hybridized carbons (Fsp3) is 0.562. The van der Waals surface area contributed by atoms with E-state index in [4.69, 9.17) is 4.74 Å². The van der Waals surface area contributed by atoms with Gasteiger partial charge in [-0.2, -0.15) is 0 Å². The number of amides is 1. The molecule has 24 heavy (non-hydrogen) atoms. The SMILES string of the molecule is COCCn1c(CO)nnc1C1CC(NC(=O)c2ccc(C)s2)C1. The third-order valence-electron chi connectivity index (χ3n) is 4.32. The Bertz CT molecular complexity index is 706. The van der Waals surface area contributed by atoms with Gasteiger partial charge in [-0.15, -0.1) is 21.5 Å². The van der Waals surface area contributed by atoms with E-state index in [2.05, 4.69) is 15.5 Å². The summed E-state index contributed by atoms with van der Waals surface area (Å²) in [5.74, 6) is 1.68. The van der Waals surface area contributed by atoms with Crippen molar-refractivity contribution in [2.75, 3.05) is 13.7 Å². The summed E-state index contributed by atoms with van der Waals surface area (Å²) >= 11 is 1.51. The van der Waals surface area contributed by atoms with Crippen molar-refractivity contribution in [3.8, 4) is 0 Å². The standard InChI is InChI=1S/C16H22N4O3S/c1-10-3-4-13(24-10)16(22)17-12-7-11(8-12)15-19-18-14(9-21)20(15)5-6-23-2/h3-4,11-12,21H,5-9H2,1-2H3,(H,17,22). The quantitative estimate of drug-likeness (QED) is 0.789. The molecule has 0 aromatic carbocycles. The highest BCUT2D eigenvalue weighted by atomic mass is 32.1. The highest BCUT2D eigenvalue weighted by Crippen LogP contribution is 2.36. The van der Waals surface area contributed by atoms with Crippen LogP contribution in [0.4, 0.5) is 0 Å². The minimum absolute atomic E-state index is 0.00607. The molecule has 2 aromatic rings. The van der Waals surface area contributed by atoms with E-state index in [0.29, 0.717) is 19.0 Å². The van der Waals surface area contributed by atoms with Gasteiger partial charge in [0, 0.05) is 30.5 Å². The smallest absolute Gasteiger partial charge is 0.261 e. The fourth-order valence-corrected chi connectivity index (χ4v) is 3.72. The number of hydrogen-bond donors (Lipinski definition) is 2. The van der Waals surface area contributed by atoms with Gasteiger partial charge in [-0.3, -0.25) is 4.79 Å². The van der Waals surface area contributed by atoms with Gasteiger partial charge in [0.25, 0.3) is 5.91 Å². The number of thiophene rings is 1. The lowest BCUT2D eigenvalue weighted by Gasteiger charge is -2.35. The summed E-state index contributed by atoms with van der Waals surface area (Å²) < 4.78 is 7.04. The molecule has 1 fully saturated rings. The number of rotatable bonds is 7. The second-order valence-electron chi connectivity index (χ2n) is 6.03. The largest absolute Gasteiger partial charge is 0.388 e. The van der Waals surface area contributed by atoms with Crippen LogP contribution in [0.2, 0.25) is 0 Å². The van der Waals surface area contributed by atoms with Gasteiger partial charge in [0.05, 0.1) is 11.5 Å². The molecule has 2 heterocycles. The van der Waals surface area contributed by atoms with Gasteiger partial charge in [-0.05, 0) is 31.9 Å². The van der Waals surface area contributed by atoms with E-state index in [1.807, 2.05) is 23.6 Å². The Morgan fingerprint density at radius 3 is 2.88 bits per heavy atom. The average Bonchev–Trinajstić information content (AvgIpc) is 3.14. The molecule has 2 N–H and O–H groups in total. The minimum atomic E-state index is -0.138. The number of carbonyl (C=O) groups is 1. The van der Waals surface area contributed by atoms with E-state index >= 15 is 0 Å². The molecule has 130 valence electrons. The molecule has 0 bridgehead atoms. The lowest BCUT2D eigenvalue weighted by Crippen LogP contribution is -2.43. The lowest BCUT2D eigenvalue weighted by molar-refractivity contribution is 0.0910. The van der Waals surface area contributed by atoms with Crippen LogP contribution in [0.3, 0.4) is 0 Å². The van der Waals surface area contributed by atoms with Crippen molar-refractivity contribution < 1.29 is 14.6 Å². The molecule has 0 radical (unpaired) electrons. The number of aliphatic hydroxyl groups excluding tert-OH is 1. The summed E-state index contributed by atoms with van der Waals surface area (Å²) in [7, 11) is 1.64. The number of ether oxygens (including phenoxy) is 1. The maximum Gasteiger partial charge on any atom is 0.261 e. The van der Waals surface area contributed by atoms with Crippen molar-refractivity contribution in [1.82, 2.24) is 20.1 Å². The molecule has 0 unspecified atom stereocenters. The Balaban J connectivity index is 1.58. The Morgan fingerprint density at radius 1 is 1.46 bits per heavy atom. The zero-order valence-electron chi connectivity index (χ0n) is 13.9. The van der Waals surface area contributed by atoms with Crippen molar-refractivity contribution in [3.63, 3.8) is 0 Å². The summed E-state index contributed by atoms with van der Waals surface area (Å²) in [6.45, 7) is 3.02. The van der Waals surface area contributed by atoms with Crippen LogP contribution < -0.4 is 5.32 Å². The Morgan fingerprint density at radius 2 is 2.25 bits per heavy atom. The van der Waals surface area contributed by atoms with E-state index in [-0.39, 0.29) is 24.5 Å². The zero-order chi connectivity index (χ0) is 17.1. The molecule has 2 aromatic heterocycles. The number of hydrogen-bond acceptors (Lipinski definition) is 6. The Labute approximate surface area is 144 Å². The number of nitrogens with one attached hydrogen (secondary N) is 1. The molecule has 3 rings (SSSR count). The van der Waals surface area contributed by atoms with Gasteiger partial charge in [0.1, 0.15) is 12.4 Å². The van der Waals surface area contributed by atoms with E-state index in [1.165, 1.54) is 11.3 Å². The van der Waals surface area contributed by atoms with E-state index in [1.54, 1.807) is 7.11 Å². The van der Waals surface area contributed by atoms with Crippen LogP contribution >= 0.6 is 11.3 Å². The molecular weight excluding hydrogens is 328 g/mol. The van der Waals surface area contributed by atoms with Gasteiger partial charge in [-0.1, -0.05) is 0 Å². The number of carbonyl (C=O) groups excluding carboxylic acids is 1. The van der Waals surface area contributed by atoms with Crippen molar-refractivity contribution in [3.05, 3.63) is 33.5 Å². The van der Waals surface area contributed by atoms with E-state index in [9.17, 15) is 9.90 Å². The minimum Gasteiger partial charge on any atom is -0.388 e. The molecule has 0 atom stereocenters. The first kappa shape index (κ1) is 17.1. The predicted octanol–water partition coefficient (Wildman–Crippen LogP) is 1.46. The van der Waals surface area contributed by atoms with Crippen molar-refractivity contribution >= 4 is 17.2 Å². The monoisotopic (exact) mass is 350 g/mol.